The molecule has 0 spiro atoms. The van der Waals surface area contributed by atoms with E-state index < -0.39 is 23.8 Å². The van der Waals surface area contributed by atoms with Gasteiger partial charge < -0.3 is 19.7 Å². The zero-order chi connectivity index (χ0) is 21.9. The number of carbonyl (C=O) groups excluding carboxylic acids is 2. The van der Waals surface area contributed by atoms with E-state index >= 15 is 0 Å². The smallest absolute Gasteiger partial charge is 0.307 e. The molecule has 0 aliphatic rings. The van der Waals surface area contributed by atoms with Gasteiger partial charge in [0.2, 0.25) is 0 Å². The number of carboxylic acids is 2. The van der Waals surface area contributed by atoms with Gasteiger partial charge in [-0.2, -0.15) is 50.5 Å². The van der Waals surface area contributed by atoms with Crippen molar-refractivity contribution in [3.05, 3.63) is 0 Å². The maximum Gasteiger partial charge on any atom is 0.307 e. The number of esters is 2. The average molecular weight is 477 g/mol. The zero-order valence-electron chi connectivity index (χ0n) is 15.4. The highest BCUT2D eigenvalue weighted by molar-refractivity contribution is 7.80. The summed E-state index contributed by atoms with van der Waals surface area (Å²) in [7, 11) is 0. The van der Waals surface area contributed by atoms with Crippen molar-refractivity contribution in [3.63, 3.8) is 0 Å². The summed E-state index contributed by atoms with van der Waals surface area (Å²) in [6.45, 7) is 0.204. The van der Waals surface area contributed by atoms with Crippen molar-refractivity contribution in [2.45, 2.75) is 25.7 Å². The molecule has 0 bridgehead atoms. The van der Waals surface area contributed by atoms with Crippen LogP contribution in [0.1, 0.15) is 25.7 Å². The number of thiol groups is 4. The number of hydrogen-bond acceptors (Lipinski definition) is 10. The number of carboxylic acid groups (broad SMARTS) is 2. The number of hydrogen-bond donors (Lipinski definition) is 6. The van der Waals surface area contributed by atoms with Gasteiger partial charge in [0, 0.05) is 23.0 Å². The van der Waals surface area contributed by atoms with Crippen LogP contribution < -0.4 is 0 Å². The van der Waals surface area contributed by atoms with Crippen molar-refractivity contribution < 1.29 is 38.9 Å². The molecule has 8 nitrogen and oxygen atoms in total. The minimum atomic E-state index is -0.927. The van der Waals surface area contributed by atoms with Crippen LogP contribution in [-0.2, 0) is 28.7 Å². The van der Waals surface area contributed by atoms with E-state index in [9.17, 15) is 19.2 Å². The Labute approximate surface area is 186 Å². The van der Waals surface area contributed by atoms with E-state index in [1.165, 1.54) is 0 Å². The quantitative estimate of drug-likeness (QED) is 0.127. The Hall–Kier alpha value is -0.720. The first-order valence-corrected chi connectivity index (χ1v) is 11.0. The van der Waals surface area contributed by atoms with Crippen molar-refractivity contribution in [2.75, 3.05) is 36.2 Å². The molecular weight excluding hydrogens is 448 g/mol. The molecule has 0 radical (unpaired) electrons. The molecule has 0 aromatic rings. The van der Waals surface area contributed by atoms with Crippen LogP contribution in [0.25, 0.3) is 0 Å². The third kappa shape index (κ3) is 17.4. The van der Waals surface area contributed by atoms with E-state index in [0.717, 1.165) is 0 Å². The fraction of sp³-hybridized carbons (Fsp3) is 0.750. The Bertz CT molecular complexity index is 434. The van der Waals surface area contributed by atoms with Crippen molar-refractivity contribution in [3.8, 4) is 0 Å². The van der Waals surface area contributed by atoms with E-state index in [-0.39, 0.29) is 49.5 Å². The third-order valence-electron chi connectivity index (χ3n) is 3.24. The first-order valence-electron chi connectivity index (χ1n) is 8.43. The van der Waals surface area contributed by atoms with Gasteiger partial charge in [-0.15, -0.1) is 0 Å². The zero-order valence-corrected chi connectivity index (χ0v) is 18.9. The summed E-state index contributed by atoms with van der Waals surface area (Å²) in [5.74, 6) is -2.28. The summed E-state index contributed by atoms with van der Waals surface area (Å²) in [4.78, 5) is 42.8. The second kappa shape index (κ2) is 19.6. The van der Waals surface area contributed by atoms with Gasteiger partial charge in [0.15, 0.2) is 0 Å². The van der Waals surface area contributed by atoms with Crippen LogP contribution in [0, 0.1) is 11.8 Å². The summed E-state index contributed by atoms with van der Waals surface area (Å²) in [5.41, 5.74) is 0. The van der Waals surface area contributed by atoms with Gasteiger partial charge in [-0.05, 0) is 12.8 Å². The fourth-order valence-electron chi connectivity index (χ4n) is 1.63. The molecular formula is C16H28O8S4. The predicted molar refractivity (Wildman–Crippen MR) is 118 cm³/mol. The normalized spacial score (nSPS) is 12.1. The SMILES string of the molecule is O=C(CCS)OCCOC(=O)CCS.O=C(O)C(CS)CCC(CS)C(=O)O. The van der Waals surface area contributed by atoms with Gasteiger partial charge in [0.1, 0.15) is 13.2 Å². The Morgan fingerprint density at radius 3 is 1.21 bits per heavy atom. The molecule has 0 aliphatic carbocycles. The lowest BCUT2D eigenvalue weighted by Crippen LogP contribution is -2.20. The second-order valence-corrected chi connectivity index (χ2v) is 7.03. The highest BCUT2D eigenvalue weighted by Gasteiger charge is 2.21. The largest absolute Gasteiger partial charge is 0.481 e. The van der Waals surface area contributed by atoms with Crippen LogP contribution in [0.3, 0.4) is 0 Å². The van der Waals surface area contributed by atoms with E-state index in [1.54, 1.807) is 0 Å². The molecule has 0 aromatic heterocycles. The molecule has 28 heavy (non-hydrogen) atoms. The summed E-state index contributed by atoms with van der Waals surface area (Å²) in [5, 5.41) is 17.4. The average Bonchev–Trinajstić information content (AvgIpc) is 2.63. The lowest BCUT2D eigenvalue weighted by molar-refractivity contribution is -0.151. The number of rotatable bonds is 14. The molecule has 2 unspecified atom stereocenters. The van der Waals surface area contributed by atoms with Crippen LogP contribution in [0.2, 0.25) is 0 Å². The van der Waals surface area contributed by atoms with Gasteiger partial charge >= 0.3 is 23.9 Å². The summed E-state index contributed by atoms with van der Waals surface area (Å²) >= 11 is 15.5. The first-order chi connectivity index (χ1) is 13.2. The van der Waals surface area contributed by atoms with Crippen LogP contribution >= 0.6 is 50.5 Å². The van der Waals surface area contributed by atoms with Crippen LogP contribution in [0.4, 0.5) is 0 Å². The Morgan fingerprint density at radius 1 is 0.679 bits per heavy atom. The fourth-order valence-corrected chi connectivity index (χ4v) is 2.67. The van der Waals surface area contributed by atoms with Crippen LogP contribution in [0.15, 0.2) is 0 Å². The number of ether oxygens (including phenoxy) is 2. The van der Waals surface area contributed by atoms with Gasteiger partial charge in [0.05, 0.1) is 24.7 Å². The van der Waals surface area contributed by atoms with Gasteiger partial charge in [-0.25, -0.2) is 0 Å². The Kier molecular flexibility index (Phi) is 20.6. The standard InChI is InChI=1S/2C8H14O4S2/c9-7(1-5-13)11-3-4-12-8(10)2-6-14;9-7(10)5(3-13)1-2-6(4-14)8(11)12/h13-14H,1-6H2;5-6,13-14H,1-4H2,(H,9,10)(H,11,12). The van der Waals surface area contributed by atoms with Gasteiger partial charge in [-0.3, -0.25) is 19.2 Å². The van der Waals surface area contributed by atoms with E-state index in [2.05, 4.69) is 50.5 Å². The van der Waals surface area contributed by atoms with Crippen LogP contribution in [0.5, 0.6) is 0 Å². The van der Waals surface area contributed by atoms with Crippen molar-refractivity contribution in [2.24, 2.45) is 11.8 Å². The molecule has 0 amide bonds. The molecule has 0 heterocycles. The lowest BCUT2D eigenvalue weighted by atomic mass is 9.98. The summed E-state index contributed by atoms with van der Waals surface area (Å²) in [6.07, 6.45) is 1.20. The molecule has 0 rings (SSSR count). The highest BCUT2D eigenvalue weighted by Crippen LogP contribution is 2.16. The molecule has 2 atom stereocenters. The minimum absolute atomic E-state index is 0.102. The Morgan fingerprint density at radius 2 is 1.00 bits per heavy atom. The lowest BCUT2D eigenvalue weighted by Gasteiger charge is -2.12. The molecule has 0 saturated carbocycles. The van der Waals surface area contributed by atoms with E-state index in [4.69, 9.17) is 19.7 Å². The molecule has 0 fully saturated rings. The van der Waals surface area contributed by atoms with E-state index in [0.29, 0.717) is 24.3 Å². The third-order valence-corrected chi connectivity index (χ3v) is 4.57. The first kappa shape index (κ1) is 29.5. The highest BCUT2D eigenvalue weighted by atomic mass is 32.1. The topological polar surface area (TPSA) is 127 Å². The van der Waals surface area contributed by atoms with Gasteiger partial charge in [0.25, 0.3) is 0 Å². The maximum atomic E-state index is 10.8. The number of aliphatic carboxylic acids is 2. The summed E-state index contributed by atoms with van der Waals surface area (Å²) in [6, 6.07) is 0. The molecule has 12 heteroatoms. The van der Waals surface area contributed by atoms with Crippen molar-refractivity contribution in [1.82, 2.24) is 0 Å². The van der Waals surface area contributed by atoms with E-state index in [1.807, 2.05) is 0 Å². The minimum Gasteiger partial charge on any atom is -0.481 e. The molecule has 0 aromatic carbocycles. The maximum absolute atomic E-state index is 10.8. The van der Waals surface area contributed by atoms with Crippen molar-refractivity contribution in [1.29, 1.82) is 0 Å². The molecule has 2 N–H and O–H groups in total. The second-order valence-electron chi connectivity index (χ2n) is 5.40. The van der Waals surface area contributed by atoms with Gasteiger partial charge in [-0.1, -0.05) is 0 Å². The Balaban J connectivity index is 0. The van der Waals surface area contributed by atoms with Crippen LogP contribution in [-0.4, -0.2) is 70.3 Å². The monoisotopic (exact) mass is 476 g/mol. The predicted octanol–water partition coefficient (Wildman–Crippen LogP) is 1.74. The molecule has 0 aliphatic heterocycles. The van der Waals surface area contributed by atoms with Crippen molar-refractivity contribution >= 4 is 74.4 Å². The summed E-state index contributed by atoms with van der Waals surface area (Å²) < 4.78 is 9.45. The molecule has 164 valence electrons. The molecule has 0 saturated heterocycles. The number of carbonyl (C=O) groups is 4.